The van der Waals surface area contributed by atoms with Crippen LogP contribution >= 0.6 is 0 Å². The first-order chi connectivity index (χ1) is 9.33. The Morgan fingerprint density at radius 2 is 2.11 bits per heavy atom. The molecular formula is C16H27N3. The lowest BCUT2D eigenvalue weighted by Gasteiger charge is -2.29. The minimum atomic E-state index is 0.674. The SMILES string of the molecule is CC1CNCCC1Cc1ccn(C2CCCCC2)n1. The van der Waals surface area contributed by atoms with Gasteiger partial charge >= 0.3 is 0 Å². The van der Waals surface area contributed by atoms with E-state index < -0.39 is 0 Å². The molecule has 0 aromatic carbocycles. The summed E-state index contributed by atoms with van der Waals surface area (Å²) in [5.74, 6) is 1.60. The van der Waals surface area contributed by atoms with Gasteiger partial charge in [0.2, 0.25) is 0 Å². The van der Waals surface area contributed by atoms with Crippen LogP contribution in [-0.4, -0.2) is 22.9 Å². The maximum absolute atomic E-state index is 4.86. The molecule has 1 saturated carbocycles. The van der Waals surface area contributed by atoms with Crippen LogP contribution in [0.25, 0.3) is 0 Å². The second-order valence-electron chi connectivity index (χ2n) is 6.51. The van der Waals surface area contributed by atoms with Crippen LogP contribution in [0.2, 0.25) is 0 Å². The molecule has 19 heavy (non-hydrogen) atoms. The molecule has 1 aromatic rings. The highest BCUT2D eigenvalue weighted by molar-refractivity contribution is 5.02. The van der Waals surface area contributed by atoms with E-state index in [4.69, 9.17) is 5.10 Å². The van der Waals surface area contributed by atoms with Gasteiger partial charge in [-0.25, -0.2) is 0 Å². The summed E-state index contributed by atoms with van der Waals surface area (Å²) in [7, 11) is 0. The third kappa shape index (κ3) is 3.19. The molecule has 2 heterocycles. The number of nitrogens with one attached hydrogen (secondary N) is 1. The number of rotatable bonds is 3. The Kier molecular flexibility index (Phi) is 4.21. The van der Waals surface area contributed by atoms with Gasteiger partial charge in [-0.3, -0.25) is 4.68 Å². The molecule has 1 aromatic heterocycles. The molecular weight excluding hydrogens is 234 g/mol. The van der Waals surface area contributed by atoms with Crippen LogP contribution in [0, 0.1) is 11.8 Å². The van der Waals surface area contributed by atoms with Crippen molar-refractivity contribution in [3.05, 3.63) is 18.0 Å². The fourth-order valence-electron chi connectivity index (χ4n) is 3.68. The van der Waals surface area contributed by atoms with Gasteiger partial charge < -0.3 is 5.32 Å². The van der Waals surface area contributed by atoms with E-state index in [-0.39, 0.29) is 0 Å². The molecule has 106 valence electrons. The van der Waals surface area contributed by atoms with E-state index in [2.05, 4.69) is 29.2 Å². The standard InChI is InChI=1S/C16H27N3/c1-13-12-17-9-7-14(13)11-15-8-10-19(18-15)16-5-3-2-4-6-16/h8,10,13-14,16-17H,2-7,9,11-12H2,1H3. The Labute approximate surface area is 116 Å². The lowest BCUT2D eigenvalue weighted by Crippen LogP contribution is -2.36. The summed E-state index contributed by atoms with van der Waals surface area (Å²) in [6, 6.07) is 2.93. The van der Waals surface area contributed by atoms with Crippen molar-refractivity contribution in [1.82, 2.24) is 15.1 Å². The molecule has 3 nitrogen and oxygen atoms in total. The van der Waals surface area contributed by atoms with Gasteiger partial charge in [0, 0.05) is 6.20 Å². The van der Waals surface area contributed by atoms with Gasteiger partial charge in [-0.05, 0) is 56.7 Å². The van der Waals surface area contributed by atoms with Crippen LogP contribution in [-0.2, 0) is 6.42 Å². The average molecular weight is 261 g/mol. The van der Waals surface area contributed by atoms with Gasteiger partial charge in [0.25, 0.3) is 0 Å². The molecule has 2 fully saturated rings. The number of piperidine rings is 1. The van der Waals surface area contributed by atoms with Crippen LogP contribution in [0.4, 0.5) is 0 Å². The quantitative estimate of drug-likeness (QED) is 0.905. The van der Waals surface area contributed by atoms with Gasteiger partial charge in [-0.2, -0.15) is 5.10 Å². The highest BCUT2D eigenvalue weighted by Crippen LogP contribution is 2.28. The number of aromatic nitrogens is 2. The molecule has 1 aliphatic carbocycles. The summed E-state index contributed by atoms with van der Waals surface area (Å²) in [5, 5.41) is 8.34. The first-order valence-corrected chi connectivity index (χ1v) is 8.07. The number of hydrogen-bond acceptors (Lipinski definition) is 2. The highest BCUT2D eigenvalue weighted by Gasteiger charge is 2.22. The zero-order valence-corrected chi connectivity index (χ0v) is 12.1. The predicted molar refractivity (Wildman–Crippen MR) is 78.2 cm³/mol. The van der Waals surface area contributed by atoms with E-state index in [1.54, 1.807) is 0 Å². The zero-order chi connectivity index (χ0) is 13.1. The highest BCUT2D eigenvalue weighted by atomic mass is 15.3. The van der Waals surface area contributed by atoms with E-state index in [1.165, 1.54) is 63.7 Å². The van der Waals surface area contributed by atoms with Crippen molar-refractivity contribution in [2.75, 3.05) is 13.1 Å². The predicted octanol–water partition coefficient (Wildman–Crippen LogP) is 3.18. The summed E-state index contributed by atoms with van der Waals surface area (Å²) in [6.45, 7) is 4.72. The fraction of sp³-hybridized carbons (Fsp3) is 0.812. The molecule has 3 heteroatoms. The molecule has 0 bridgehead atoms. The summed E-state index contributed by atoms with van der Waals surface area (Å²) in [5.41, 5.74) is 1.31. The largest absolute Gasteiger partial charge is 0.316 e. The molecule has 1 aliphatic heterocycles. The first-order valence-electron chi connectivity index (χ1n) is 8.07. The van der Waals surface area contributed by atoms with E-state index in [1.807, 2.05) is 0 Å². The molecule has 0 radical (unpaired) electrons. The van der Waals surface area contributed by atoms with E-state index >= 15 is 0 Å². The summed E-state index contributed by atoms with van der Waals surface area (Å²) < 4.78 is 2.25. The van der Waals surface area contributed by atoms with E-state index in [0.29, 0.717) is 6.04 Å². The fourth-order valence-corrected chi connectivity index (χ4v) is 3.68. The van der Waals surface area contributed by atoms with Crippen molar-refractivity contribution in [2.24, 2.45) is 11.8 Å². The maximum atomic E-state index is 4.86. The molecule has 1 N–H and O–H groups in total. The maximum Gasteiger partial charge on any atom is 0.0627 e. The van der Waals surface area contributed by atoms with Crippen LogP contribution in [0.15, 0.2) is 12.3 Å². The van der Waals surface area contributed by atoms with E-state index in [0.717, 1.165) is 11.8 Å². The Bertz CT molecular complexity index is 392. The molecule has 2 atom stereocenters. The number of nitrogens with zero attached hydrogens (tertiary/aromatic N) is 2. The lowest BCUT2D eigenvalue weighted by molar-refractivity contribution is 0.268. The minimum Gasteiger partial charge on any atom is -0.316 e. The van der Waals surface area contributed by atoms with E-state index in [9.17, 15) is 0 Å². The molecule has 2 unspecified atom stereocenters. The smallest absolute Gasteiger partial charge is 0.0627 e. The van der Waals surface area contributed by atoms with Gasteiger partial charge in [0.05, 0.1) is 11.7 Å². The second kappa shape index (κ2) is 6.08. The van der Waals surface area contributed by atoms with Crippen molar-refractivity contribution in [2.45, 2.75) is 57.9 Å². The Morgan fingerprint density at radius 3 is 2.89 bits per heavy atom. The van der Waals surface area contributed by atoms with Gasteiger partial charge in [-0.15, -0.1) is 0 Å². The van der Waals surface area contributed by atoms with Crippen molar-refractivity contribution < 1.29 is 0 Å². The third-order valence-electron chi connectivity index (χ3n) is 5.05. The molecule has 2 aliphatic rings. The number of hydrogen-bond donors (Lipinski definition) is 1. The average Bonchev–Trinajstić information content (AvgIpc) is 2.91. The minimum absolute atomic E-state index is 0.674. The molecule has 0 spiro atoms. The van der Waals surface area contributed by atoms with Gasteiger partial charge in [0.15, 0.2) is 0 Å². The van der Waals surface area contributed by atoms with Crippen LogP contribution < -0.4 is 5.32 Å². The lowest BCUT2D eigenvalue weighted by atomic mass is 9.84. The van der Waals surface area contributed by atoms with Gasteiger partial charge in [0.1, 0.15) is 0 Å². The second-order valence-corrected chi connectivity index (χ2v) is 6.51. The zero-order valence-electron chi connectivity index (χ0n) is 12.1. The van der Waals surface area contributed by atoms with Crippen LogP contribution in [0.1, 0.15) is 57.2 Å². The monoisotopic (exact) mass is 261 g/mol. The van der Waals surface area contributed by atoms with Crippen LogP contribution in [0.5, 0.6) is 0 Å². The van der Waals surface area contributed by atoms with Crippen molar-refractivity contribution in [1.29, 1.82) is 0 Å². The first kappa shape index (κ1) is 13.2. The van der Waals surface area contributed by atoms with Crippen LogP contribution in [0.3, 0.4) is 0 Å². The van der Waals surface area contributed by atoms with Crippen molar-refractivity contribution in [3.63, 3.8) is 0 Å². The summed E-state index contributed by atoms with van der Waals surface area (Å²) in [4.78, 5) is 0. The van der Waals surface area contributed by atoms with Crippen molar-refractivity contribution in [3.8, 4) is 0 Å². The summed E-state index contributed by atoms with van der Waals surface area (Å²) in [6.07, 6.45) is 11.5. The summed E-state index contributed by atoms with van der Waals surface area (Å²) >= 11 is 0. The molecule has 0 amide bonds. The normalized spacial score (nSPS) is 29.5. The topological polar surface area (TPSA) is 29.9 Å². The molecule has 1 saturated heterocycles. The van der Waals surface area contributed by atoms with Gasteiger partial charge in [-0.1, -0.05) is 26.2 Å². The van der Waals surface area contributed by atoms with Crippen molar-refractivity contribution >= 4 is 0 Å². The Balaban J connectivity index is 1.60. The Hall–Kier alpha value is -0.830. The Morgan fingerprint density at radius 1 is 1.26 bits per heavy atom. The molecule has 3 rings (SSSR count). The third-order valence-corrected chi connectivity index (χ3v) is 5.05.